The Bertz CT molecular complexity index is 718. The quantitative estimate of drug-likeness (QED) is 0.623. The van der Waals surface area contributed by atoms with Crippen LogP contribution in [0, 0.1) is 6.92 Å². The summed E-state index contributed by atoms with van der Waals surface area (Å²) in [7, 11) is 0. The molecule has 1 heterocycles. The second-order valence-electron chi connectivity index (χ2n) is 4.46. The van der Waals surface area contributed by atoms with E-state index in [2.05, 4.69) is 24.4 Å². The highest BCUT2D eigenvalue weighted by atomic mass is 35.5. The van der Waals surface area contributed by atoms with Crippen molar-refractivity contribution < 1.29 is 4.74 Å². The molecule has 0 atom stereocenters. The lowest BCUT2D eigenvalue weighted by Crippen LogP contribution is -1.95. The SMILES string of the molecule is Cc1ccccc1OCc1csc2cc(Cl)ccc12. The van der Waals surface area contributed by atoms with E-state index in [9.17, 15) is 0 Å². The number of ether oxygens (including phenoxy) is 1. The molecule has 0 radical (unpaired) electrons. The van der Waals surface area contributed by atoms with E-state index in [1.165, 1.54) is 15.6 Å². The van der Waals surface area contributed by atoms with Gasteiger partial charge < -0.3 is 4.74 Å². The monoisotopic (exact) mass is 288 g/mol. The molecule has 0 spiro atoms. The molecule has 2 aromatic carbocycles. The van der Waals surface area contributed by atoms with Crippen LogP contribution in [0.4, 0.5) is 0 Å². The van der Waals surface area contributed by atoms with Crippen molar-refractivity contribution in [2.45, 2.75) is 13.5 Å². The Kier molecular flexibility index (Phi) is 3.45. The van der Waals surface area contributed by atoms with E-state index >= 15 is 0 Å². The number of hydrogen-bond donors (Lipinski definition) is 0. The van der Waals surface area contributed by atoms with Crippen LogP contribution in [0.15, 0.2) is 47.8 Å². The standard InChI is InChI=1S/C16H13ClOS/c1-11-4-2-3-5-15(11)18-9-12-10-19-16-8-13(17)6-7-14(12)16/h2-8,10H,9H2,1H3. The largest absolute Gasteiger partial charge is 0.489 e. The molecular formula is C16H13ClOS. The van der Waals surface area contributed by atoms with Crippen molar-refractivity contribution in [2.24, 2.45) is 0 Å². The highest BCUT2D eigenvalue weighted by molar-refractivity contribution is 7.17. The van der Waals surface area contributed by atoms with Crippen LogP contribution in [0.3, 0.4) is 0 Å². The van der Waals surface area contributed by atoms with Gasteiger partial charge >= 0.3 is 0 Å². The minimum atomic E-state index is 0.590. The summed E-state index contributed by atoms with van der Waals surface area (Å²) in [6.45, 7) is 2.65. The fourth-order valence-electron chi connectivity index (χ4n) is 2.04. The van der Waals surface area contributed by atoms with Crippen molar-refractivity contribution >= 4 is 33.0 Å². The van der Waals surface area contributed by atoms with Crippen molar-refractivity contribution in [3.8, 4) is 5.75 Å². The van der Waals surface area contributed by atoms with Crippen molar-refractivity contribution in [3.05, 3.63) is 64.0 Å². The van der Waals surface area contributed by atoms with Crippen LogP contribution in [0.2, 0.25) is 5.02 Å². The van der Waals surface area contributed by atoms with Gasteiger partial charge in [0.25, 0.3) is 0 Å². The molecule has 0 bridgehead atoms. The number of hydrogen-bond acceptors (Lipinski definition) is 2. The average Bonchev–Trinajstić information content (AvgIpc) is 2.80. The second-order valence-corrected chi connectivity index (χ2v) is 5.80. The third kappa shape index (κ3) is 2.60. The molecule has 0 amide bonds. The Morgan fingerprint density at radius 1 is 1.16 bits per heavy atom. The molecule has 0 unspecified atom stereocenters. The minimum Gasteiger partial charge on any atom is -0.489 e. The van der Waals surface area contributed by atoms with E-state index in [1.807, 2.05) is 30.3 Å². The third-order valence-corrected chi connectivity index (χ3v) is 4.32. The number of rotatable bonds is 3. The Morgan fingerprint density at radius 3 is 2.84 bits per heavy atom. The molecule has 0 aliphatic rings. The van der Waals surface area contributed by atoms with Gasteiger partial charge in [-0.05, 0) is 41.5 Å². The zero-order valence-corrected chi connectivity index (χ0v) is 12.1. The lowest BCUT2D eigenvalue weighted by atomic mass is 10.2. The van der Waals surface area contributed by atoms with Crippen molar-refractivity contribution in [1.29, 1.82) is 0 Å². The van der Waals surface area contributed by atoms with Crippen molar-refractivity contribution in [2.75, 3.05) is 0 Å². The number of thiophene rings is 1. The Labute approximate surface area is 121 Å². The van der Waals surface area contributed by atoms with Gasteiger partial charge in [0.15, 0.2) is 0 Å². The molecule has 0 aliphatic heterocycles. The summed E-state index contributed by atoms with van der Waals surface area (Å²) in [6.07, 6.45) is 0. The predicted molar refractivity (Wildman–Crippen MR) is 82.3 cm³/mol. The van der Waals surface area contributed by atoms with Crippen LogP contribution >= 0.6 is 22.9 Å². The first-order valence-corrected chi connectivity index (χ1v) is 7.34. The predicted octanol–water partition coefficient (Wildman–Crippen LogP) is 5.44. The maximum atomic E-state index is 6.00. The average molecular weight is 289 g/mol. The summed E-state index contributed by atoms with van der Waals surface area (Å²) in [5.74, 6) is 0.941. The molecular weight excluding hydrogens is 276 g/mol. The van der Waals surface area contributed by atoms with E-state index in [4.69, 9.17) is 16.3 Å². The van der Waals surface area contributed by atoms with E-state index < -0.39 is 0 Å². The number of halogens is 1. The fourth-order valence-corrected chi connectivity index (χ4v) is 3.26. The van der Waals surface area contributed by atoms with E-state index in [-0.39, 0.29) is 0 Å². The summed E-state index contributed by atoms with van der Waals surface area (Å²) < 4.78 is 7.10. The Balaban J connectivity index is 1.84. The summed E-state index contributed by atoms with van der Waals surface area (Å²) in [4.78, 5) is 0. The molecule has 3 aromatic rings. The van der Waals surface area contributed by atoms with E-state index in [1.54, 1.807) is 11.3 Å². The highest BCUT2D eigenvalue weighted by Crippen LogP contribution is 2.29. The zero-order chi connectivity index (χ0) is 13.2. The molecule has 0 aliphatic carbocycles. The molecule has 3 rings (SSSR count). The molecule has 0 saturated carbocycles. The smallest absolute Gasteiger partial charge is 0.122 e. The summed E-state index contributed by atoms with van der Waals surface area (Å²) in [6, 6.07) is 14.1. The topological polar surface area (TPSA) is 9.23 Å². The summed E-state index contributed by atoms with van der Waals surface area (Å²) in [5, 5.41) is 4.14. The first kappa shape index (κ1) is 12.5. The normalized spacial score (nSPS) is 10.8. The molecule has 19 heavy (non-hydrogen) atoms. The molecule has 0 N–H and O–H groups in total. The van der Waals surface area contributed by atoms with Gasteiger partial charge in [-0.15, -0.1) is 11.3 Å². The first-order valence-electron chi connectivity index (χ1n) is 6.08. The van der Waals surface area contributed by atoms with Gasteiger partial charge in [0.1, 0.15) is 12.4 Å². The minimum absolute atomic E-state index is 0.590. The third-order valence-electron chi connectivity index (χ3n) is 3.09. The molecule has 0 fully saturated rings. The zero-order valence-electron chi connectivity index (χ0n) is 10.5. The molecule has 96 valence electrons. The van der Waals surface area contributed by atoms with Crippen LogP contribution < -0.4 is 4.74 Å². The lowest BCUT2D eigenvalue weighted by molar-refractivity contribution is 0.306. The van der Waals surface area contributed by atoms with Crippen LogP contribution in [-0.4, -0.2) is 0 Å². The molecule has 1 aromatic heterocycles. The van der Waals surface area contributed by atoms with Gasteiger partial charge in [-0.25, -0.2) is 0 Å². The summed E-state index contributed by atoms with van der Waals surface area (Å²) >= 11 is 7.70. The fraction of sp³-hybridized carbons (Fsp3) is 0.125. The maximum Gasteiger partial charge on any atom is 0.122 e. The van der Waals surface area contributed by atoms with Crippen LogP contribution in [0.1, 0.15) is 11.1 Å². The molecule has 3 heteroatoms. The summed E-state index contributed by atoms with van der Waals surface area (Å²) in [5.41, 5.74) is 2.37. The highest BCUT2D eigenvalue weighted by Gasteiger charge is 2.06. The van der Waals surface area contributed by atoms with E-state index in [0.717, 1.165) is 16.3 Å². The first-order chi connectivity index (χ1) is 9.24. The second kappa shape index (κ2) is 5.24. The molecule has 1 nitrogen and oxygen atoms in total. The van der Waals surface area contributed by atoms with Gasteiger partial charge in [0, 0.05) is 15.3 Å². The van der Waals surface area contributed by atoms with Crippen molar-refractivity contribution in [1.82, 2.24) is 0 Å². The van der Waals surface area contributed by atoms with Crippen LogP contribution in [-0.2, 0) is 6.61 Å². The van der Waals surface area contributed by atoms with Gasteiger partial charge in [-0.2, -0.15) is 0 Å². The number of fused-ring (bicyclic) bond motifs is 1. The maximum absolute atomic E-state index is 6.00. The Hall–Kier alpha value is -1.51. The number of benzene rings is 2. The Morgan fingerprint density at radius 2 is 2.00 bits per heavy atom. The van der Waals surface area contributed by atoms with Crippen LogP contribution in [0.5, 0.6) is 5.75 Å². The lowest BCUT2D eigenvalue weighted by Gasteiger charge is -2.08. The molecule has 0 saturated heterocycles. The van der Waals surface area contributed by atoms with Crippen molar-refractivity contribution in [3.63, 3.8) is 0 Å². The number of para-hydroxylation sites is 1. The van der Waals surface area contributed by atoms with Gasteiger partial charge in [-0.3, -0.25) is 0 Å². The van der Waals surface area contributed by atoms with Gasteiger partial charge in [0.2, 0.25) is 0 Å². The van der Waals surface area contributed by atoms with Gasteiger partial charge in [0.05, 0.1) is 0 Å². The number of aryl methyl sites for hydroxylation is 1. The van der Waals surface area contributed by atoms with Gasteiger partial charge in [-0.1, -0.05) is 35.9 Å². The van der Waals surface area contributed by atoms with E-state index in [0.29, 0.717) is 6.61 Å². The van der Waals surface area contributed by atoms with Crippen LogP contribution in [0.25, 0.3) is 10.1 Å².